The number of halogens is 4. The van der Waals surface area contributed by atoms with Gasteiger partial charge in [0.1, 0.15) is 5.69 Å². The number of nitrogens with one attached hydrogen (secondary N) is 2. The molecule has 0 radical (unpaired) electrons. The number of aromatic nitrogens is 3. The molecule has 1 aromatic heterocycles. The number of ketones is 1. The van der Waals surface area contributed by atoms with Gasteiger partial charge in [-0.1, -0.05) is 53.8 Å². The van der Waals surface area contributed by atoms with Crippen molar-refractivity contribution >= 4 is 130 Å². The van der Waals surface area contributed by atoms with Crippen LogP contribution in [0.1, 0.15) is 61.0 Å². The Balaban J connectivity index is 0.000000386. The van der Waals surface area contributed by atoms with Crippen molar-refractivity contribution < 1.29 is 38.4 Å². The van der Waals surface area contributed by atoms with Crippen molar-refractivity contribution in [2.24, 2.45) is 0 Å². The minimum atomic E-state index is -1.04. The van der Waals surface area contributed by atoms with Crippen LogP contribution in [0.15, 0.2) is 53.3 Å². The van der Waals surface area contributed by atoms with Gasteiger partial charge in [0.25, 0.3) is 35.0 Å². The van der Waals surface area contributed by atoms with Crippen molar-refractivity contribution in [2.75, 3.05) is 17.6 Å². The van der Waals surface area contributed by atoms with E-state index in [1.54, 1.807) is 43.3 Å². The standard InChI is InChI=1S/C13H11NO5.C12H8N4O3S.C2H5I.CH3.3HI.V/c1-2-19-13(18)10(15)7-14-11(16)8-5-3-4-6-9(8)12(14)17;17-9-8(14-15-12(20)13-9)5-16-10(18)6-3-1-2-4-7(6)11(16)19;1-2-3;;;;;/h3-6H,2,7H2,1H3;1-4H,5H2,(H2,13,15,17,20);2H2,1H3;1H3;3*1H;/q;;;-1;;;;+3/p-3. The van der Waals surface area contributed by atoms with Crippen LogP contribution in [-0.4, -0.2) is 77.9 Å². The number of amides is 4. The second-order valence-corrected chi connectivity index (χ2v) is 45.8. The van der Waals surface area contributed by atoms with Gasteiger partial charge in [-0.2, -0.15) is 5.10 Å². The van der Waals surface area contributed by atoms with Gasteiger partial charge in [-0.25, -0.2) is 4.79 Å². The molecule has 3 heterocycles. The third kappa shape index (κ3) is 12.3. The molecule has 4 amide bonds. The van der Waals surface area contributed by atoms with Gasteiger partial charge in [0.2, 0.25) is 0 Å². The second kappa shape index (κ2) is 21.5. The first kappa shape index (κ1) is 43.4. The number of esters is 1. The third-order valence-corrected chi connectivity index (χ3v) is 5.84. The molecule has 0 fully saturated rings. The molecule has 47 heavy (non-hydrogen) atoms. The zero-order valence-corrected chi connectivity index (χ0v) is 35.8. The molecule has 0 atom stereocenters. The SMILES string of the molecule is CCI.CCOC(=O)C(=O)CN1C(=O)c2ccccc2C1=O.O=C1c2ccccc2C(=O)N1Cc1n[nH]c(=S)[nH]c1=O.[CH3-].[I][V]([I])[I]. The Morgan fingerprint density at radius 3 is 1.57 bits per heavy atom. The molecule has 13 nitrogen and oxygen atoms in total. The molecule has 0 aliphatic carbocycles. The van der Waals surface area contributed by atoms with Crippen LogP contribution in [-0.2, 0) is 25.8 Å². The minimum absolute atomic E-state index is 0. The van der Waals surface area contributed by atoms with E-state index in [1.807, 2.05) is 0 Å². The average molecular weight is 1150 g/mol. The van der Waals surface area contributed by atoms with E-state index in [0.717, 1.165) is 9.80 Å². The average Bonchev–Trinajstić information content (AvgIpc) is 3.39. The predicted molar refractivity (Wildman–Crippen MR) is 207 cm³/mol. The quantitative estimate of drug-likeness (QED) is 0.0602. The van der Waals surface area contributed by atoms with Gasteiger partial charge in [-0.05, 0) is 47.8 Å². The Hall–Kier alpha value is -1.61. The number of rotatable bonds is 6. The van der Waals surface area contributed by atoms with E-state index in [1.165, 1.54) is 16.6 Å². The van der Waals surface area contributed by atoms with Gasteiger partial charge < -0.3 is 12.2 Å². The molecule has 2 aliphatic rings. The molecule has 3 aromatic rings. The Labute approximate surface area is 326 Å². The van der Waals surface area contributed by atoms with Gasteiger partial charge >= 0.3 is 70.8 Å². The van der Waals surface area contributed by atoms with Crippen LogP contribution in [0.4, 0.5) is 0 Å². The van der Waals surface area contributed by atoms with Crippen LogP contribution in [0.25, 0.3) is 0 Å². The van der Waals surface area contributed by atoms with Crippen LogP contribution in [0.3, 0.4) is 0 Å². The second-order valence-electron chi connectivity index (χ2n) is 8.54. The summed E-state index contributed by atoms with van der Waals surface area (Å²) in [5, 5.41) is 6.18. The molecule has 5 rings (SSSR count). The molecular weight excluding hydrogens is 1120 g/mol. The van der Waals surface area contributed by atoms with Crippen LogP contribution < -0.4 is 5.56 Å². The molecule has 0 saturated carbocycles. The number of carbonyl (C=O) groups is 6. The molecule has 0 unspecified atom stereocenters. The number of aromatic amines is 2. The normalized spacial score (nSPS) is 12.4. The molecular formula is C28H27I4N5O8SV-. The fourth-order valence-corrected chi connectivity index (χ4v) is 3.95. The number of H-pyrrole nitrogens is 2. The molecule has 252 valence electrons. The summed E-state index contributed by atoms with van der Waals surface area (Å²) in [7, 11) is 0. The molecule has 2 N–H and O–H groups in total. The van der Waals surface area contributed by atoms with Crippen molar-refractivity contribution in [1.29, 1.82) is 0 Å². The van der Waals surface area contributed by atoms with E-state index < -0.39 is 47.5 Å². The van der Waals surface area contributed by atoms with E-state index in [4.69, 9.17) is 12.2 Å². The van der Waals surface area contributed by atoms with Crippen LogP contribution >= 0.6 is 94.7 Å². The molecule has 0 saturated heterocycles. The van der Waals surface area contributed by atoms with E-state index in [-0.39, 0.29) is 47.1 Å². The Bertz CT molecular complexity index is 1680. The number of carbonyl (C=O) groups excluding carboxylic acids is 6. The summed E-state index contributed by atoms with van der Waals surface area (Å²) in [5.41, 5.74) is 0.641. The number of alkyl halides is 1. The van der Waals surface area contributed by atoms with Crippen LogP contribution in [0, 0.1) is 12.2 Å². The Kier molecular flexibility index (Phi) is 19.8. The summed E-state index contributed by atoms with van der Waals surface area (Å²) in [6.45, 7) is 2.94. The van der Waals surface area contributed by atoms with Gasteiger partial charge in [0.05, 0.1) is 42.0 Å². The van der Waals surface area contributed by atoms with Crippen molar-refractivity contribution in [1.82, 2.24) is 25.0 Å². The maximum atomic E-state index is 12.1. The first-order valence-electron chi connectivity index (χ1n) is 12.9. The summed E-state index contributed by atoms with van der Waals surface area (Å²) < 4.78 is 5.83. The van der Waals surface area contributed by atoms with E-state index in [9.17, 15) is 33.6 Å². The summed E-state index contributed by atoms with van der Waals surface area (Å²) >= 11 is 14.4. The Morgan fingerprint density at radius 2 is 1.21 bits per heavy atom. The molecule has 19 heteroatoms. The summed E-state index contributed by atoms with van der Waals surface area (Å²) in [5.74, 6) is -3.98. The van der Waals surface area contributed by atoms with Gasteiger partial charge in [-0.3, -0.25) is 48.6 Å². The van der Waals surface area contributed by atoms with Gasteiger partial charge in [-0.15, -0.1) is 0 Å². The fraction of sp³-hybridized carbons (Fsp3) is 0.214. The van der Waals surface area contributed by atoms with E-state index in [0.29, 0.717) is 11.1 Å². The van der Waals surface area contributed by atoms with Crippen LogP contribution in [0.5, 0.6) is 0 Å². The fourth-order valence-electron chi connectivity index (χ4n) is 3.81. The van der Waals surface area contributed by atoms with Crippen molar-refractivity contribution in [3.05, 3.63) is 99.0 Å². The maximum absolute atomic E-state index is 12.1. The zero-order chi connectivity index (χ0) is 34.6. The number of hydrogen-bond donors (Lipinski definition) is 2. The summed E-state index contributed by atoms with van der Waals surface area (Å²) in [6, 6.07) is 12.8. The van der Waals surface area contributed by atoms with Crippen LogP contribution in [0.2, 0.25) is 0 Å². The summed E-state index contributed by atoms with van der Waals surface area (Å²) in [6.07, 6.45) is 0. The number of fused-ring (bicyclic) bond motifs is 2. The molecule has 2 aliphatic heterocycles. The van der Waals surface area contributed by atoms with Crippen molar-refractivity contribution in [3.63, 3.8) is 0 Å². The van der Waals surface area contributed by atoms with Gasteiger partial charge in [0, 0.05) is 0 Å². The first-order chi connectivity index (χ1) is 21.8. The molecule has 2 aromatic carbocycles. The Morgan fingerprint density at radius 1 is 0.830 bits per heavy atom. The third-order valence-electron chi connectivity index (χ3n) is 5.65. The predicted octanol–water partition coefficient (Wildman–Crippen LogP) is 5.58. The van der Waals surface area contributed by atoms with Gasteiger partial charge in [0.15, 0.2) is 4.77 Å². The van der Waals surface area contributed by atoms with Crippen molar-refractivity contribution in [3.8, 4) is 0 Å². The van der Waals surface area contributed by atoms with E-state index >= 15 is 0 Å². The number of ether oxygens (including phenoxy) is 1. The monoisotopic (exact) mass is 1150 g/mol. The molecule has 0 spiro atoms. The van der Waals surface area contributed by atoms with Crippen molar-refractivity contribution in [2.45, 2.75) is 20.4 Å². The number of Topliss-reactive ketones (excluding diaryl/α,β-unsaturated/α-hetero) is 1. The zero-order valence-electron chi connectivity index (χ0n) is 24.9. The molecule has 0 bridgehead atoms. The number of imide groups is 2. The topological polar surface area (TPSA) is 180 Å². The van der Waals surface area contributed by atoms with E-state index in [2.05, 4.69) is 109 Å². The number of nitrogens with zero attached hydrogens (tertiary/aromatic N) is 3. The summed E-state index contributed by atoms with van der Waals surface area (Å²) in [4.78, 5) is 86.3. The number of benzene rings is 2. The number of hydrogen-bond acceptors (Lipinski definition) is 10. The first-order valence-corrected chi connectivity index (χ1v) is 28.4.